The summed E-state index contributed by atoms with van der Waals surface area (Å²) in [5, 5.41) is 3.74. The quantitative estimate of drug-likeness (QED) is 0.748. The maximum Gasteiger partial charge on any atom is 0.339 e. The number of aliphatic imine (C=N–C) groups is 2. The minimum Gasteiger partial charge on any atom is -0.496 e. The molecule has 7 nitrogen and oxygen atoms in total. The first kappa shape index (κ1) is 19.2. The molecule has 0 spiro atoms. The molecule has 0 aliphatic carbocycles. The summed E-state index contributed by atoms with van der Waals surface area (Å²) in [4.78, 5) is 32.8. The van der Waals surface area contributed by atoms with Gasteiger partial charge in [0.2, 0.25) is 5.91 Å². The normalized spacial score (nSPS) is 18.6. The standard InChI is InChI=1S/C17H23N3O4S/c1-5-6-12(14-7-11(23-4)8-15(21)24-14)19-16(22)13-9-25-17(20-13)10(2)18-3/h7-8,12-13H,5-6,9H2,1-4H3,(H,19,22)/t12-,13?/m1/s1. The van der Waals surface area contributed by atoms with Crippen molar-refractivity contribution in [1.82, 2.24) is 5.32 Å². The van der Waals surface area contributed by atoms with Gasteiger partial charge in [-0.05, 0) is 13.3 Å². The zero-order chi connectivity index (χ0) is 18.4. The molecule has 2 heterocycles. The molecule has 0 bridgehead atoms. The minimum atomic E-state index is -0.504. The third-order valence-corrected chi connectivity index (χ3v) is 4.99. The van der Waals surface area contributed by atoms with Crippen molar-refractivity contribution < 1.29 is 13.9 Å². The van der Waals surface area contributed by atoms with Crippen LogP contribution in [0.5, 0.6) is 5.75 Å². The number of nitrogens with one attached hydrogen (secondary N) is 1. The summed E-state index contributed by atoms with van der Waals surface area (Å²) < 4.78 is 10.4. The number of methoxy groups -OCH3 is 1. The maximum absolute atomic E-state index is 12.6. The lowest BCUT2D eigenvalue weighted by atomic mass is 10.1. The van der Waals surface area contributed by atoms with Crippen molar-refractivity contribution >= 4 is 28.4 Å². The number of carbonyl (C=O) groups excluding carboxylic acids is 1. The molecule has 136 valence electrons. The highest BCUT2D eigenvalue weighted by Crippen LogP contribution is 2.24. The molecule has 1 aromatic rings. The van der Waals surface area contributed by atoms with Crippen LogP contribution in [0, 0.1) is 0 Å². The fraction of sp³-hybridized carbons (Fsp3) is 0.529. The van der Waals surface area contributed by atoms with Crippen LogP contribution in [0.25, 0.3) is 0 Å². The zero-order valence-corrected chi connectivity index (χ0v) is 15.7. The van der Waals surface area contributed by atoms with Crippen LogP contribution in [0.1, 0.15) is 38.5 Å². The molecule has 1 N–H and O–H groups in total. The van der Waals surface area contributed by atoms with Gasteiger partial charge in [0.15, 0.2) is 0 Å². The highest BCUT2D eigenvalue weighted by atomic mass is 32.2. The summed E-state index contributed by atoms with van der Waals surface area (Å²) in [6, 6.07) is 2.04. The number of nitrogens with zero attached hydrogens (tertiary/aromatic N) is 2. The molecule has 1 amide bonds. The number of hydrogen-bond acceptors (Lipinski definition) is 7. The molecule has 0 fully saturated rings. The lowest BCUT2D eigenvalue weighted by molar-refractivity contribution is -0.122. The second-order valence-corrected chi connectivity index (χ2v) is 6.65. The van der Waals surface area contributed by atoms with Crippen molar-refractivity contribution in [2.24, 2.45) is 9.98 Å². The van der Waals surface area contributed by atoms with E-state index in [0.717, 1.165) is 17.2 Å². The Morgan fingerprint density at radius 3 is 2.96 bits per heavy atom. The Kier molecular flexibility index (Phi) is 6.81. The first-order valence-corrected chi connectivity index (χ1v) is 9.10. The van der Waals surface area contributed by atoms with E-state index in [1.54, 1.807) is 13.1 Å². The summed E-state index contributed by atoms with van der Waals surface area (Å²) in [7, 11) is 3.18. The Morgan fingerprint density at radius 1 is 1.56 bits per heavy atom. The van der Waals surface area contributed by atoms with Crippen molar-refractivity contribution in [3.05, 3.63) is 28.3 Å². The molecule has 0 saturated carbocycles. The van der Waals surface area contributed by atoms with Crippen molar-refractivity contribution in [2.45, 2.75) is 38.8 Å². The van der Waals surface area contributed by atoms with Crippen LogP contribution in [0.3, 0.4) is 0 Å². The number of amides is 1. The van der Waals surface area contributed by atoms with Crippen molar-refractivity contribution in [3.8, 4) is 5.75 Å². The van der Waals surface area contributed by atoms with Gasteiger partial charge in [0.05, 0.1) is 24.9 Å². The third kappa shape index (κ3) is 4.94. The van der Waals surface area contributed by atoms with E-state index in [0.29, 0.717) is 23.7 Å². The predicted molar refractivity (Wildman–Crippen MR) is 100 cm³/mol. The van der Waals surface area contributed by atoms with E-state index < -0.39 is 17.7 Å². The molecule has 25 heavy (non-hydrogen) atoms. The van der Waals surface area contributed by atoms with Gasteiger partial charge >= 0.3 is 5.63 Å². The van der Waals surface area contributed by atoms with Gasteiger partial charge in [-0.15, -0.1) is 11.8 Å². The number of carbonyl (C=O) groups is 1. The largest absolute Gasteiger partial charge is 0.496 e. The summed E-state index contributed by atoms with van der Waals surface area (Å²) in [6.07, 6.45) is 1.47. The van der Waals surface area contributed by atoms with Gasteiger partial charge in [-0.3, -0.25) is 14.8 Å². The third-order valence-electron chi connectivity index (χ3n) is 3.83. The summed E-state index contributed by atoms with van der Waals surface area (Å²) in [5.41, 5.74) is 0.320. The van der Waals surface area contributed by atoms with Gasteiger partial charge in [-0.1, -0.05) is 13.3 Å². The molecule has 1 aromatic heterocycles. The molecule has 0 radical (unpaired) electrons. The van der Waals surface area contributed by atoms with Gasteiger partial charge < -0.3 is 14.5 Å². The van der Waals surface area contributed by atoms with Crippen LogP contribution in [0.4, 0.5) is 0 Å². The van der Waals surface area contributed by atoms with E-state index in [-0.39, 0.29) is 5.91 Å². The van der Waals surface area contributed by atoms with Crippen LogP contribution in [-0.2, 0) is 4.79 Å². The van der Waals surface area contributed by atoms with Crippen LogP contribution < -0.4 is 15.7 Å². The van der Waals surface area contributed by atoms with Crippen LogP contribution in [0.15, 0.2) is 31.3 Å². The second-order valence-electron chi connectivity index (χ2n) is 5.64. The molecule has 1 aliphatic heterocycles. The van der Waals surface area contributed by atoms with Gasteiger partial charge in [0.1, 0.15) is 22.6 Å². The molecule has 1 unspecified atom stereocenters. The van der Waals surface area contributed by atoms with E-state index >= 15 is 0 Å². The van der Waals surface area contributed by atoms with Crippen LogP contribution >= 0.6 is 11.8 Å². The second kappa shape index (κ2) is 8.84. The summed E-state index contributed by atoms with van der Waals surface area (Å²) in [6.45, 7) is 3.87. The van der Waals surface area contributed by atoms with Crippen LogP contribution in [-0.4, -0.2) is 42.6 Å². The molecule has 2 atom stereocenters. The average molecular weight is 365 g/mol. The topological polar surface area (TPSA) is 93.3 Å². The monoisotopic (exact) mass is 365 g/mol. The number of ether oxygens (including phenoxy) is 1. The summed E-state index contributed by atoms with van der Waals surface area (Å²) >= 11 is 1.52. The van der Waals surface area contributed by atoms with Gasteiger partial charge in [-0.2, -0.15) is 0 Å². The van der Waals surface area contributed by atoms with Crippen molar-refractivity contribution in [1.29, 1.82) is 0 Å². The molecule has 0 aromatic carbocycles. The maximum atomic E-state index is 12.6. The van der Waals surface area contributed by atoms with Gasteiger partial charge in [0, 0.05) is 18.9 Å². The zero-order valence-electron chi connectivity index (χ0n) is 14.9. The van der Waals surface area contributed by atoms with Crippen molar-refractivity contribution in [3.63, 3.8) is 0 Å². The molecule has 8 heteroatoms. The summed E-state index contributed by atoms with van der Waals surface area (Å²) in [5.74, 6) is 1.19. The van der Waals surface area contributed by atoms with Crippen molar-refractivity contribution in [2.75, 3.05) is 19.9 Å². The fourth-order valence-electron chi connectivity index (χ4n) is 2.41. The highest BCUT2D eigenvalue weighted by molar-refractivity contribution is 8.16. The number of rotatable bonds is 7. The first-order chi connectivity index (χ1) is 12.0. The Bertz CT molecular complexity index is 742. The SMILES string of the molecule is CCC[C@@H](NC(=O)C1CSC(C(C)=NC)=N1)c1cc(OC)cc(=O)o1. The fourth-order valence-corrected chi connectivity index (χ4v) is 3.45. The minimum absolute atomic E-state index is 0.185. The predicted octanol–water partition coefficient (Wildman–Crippen LogP) is 2.21. The van der Waals surface area contributed by atoms with Gasteiger partial charge in [0.25, 0.3) is 0 Å². The Hall–Kier alpha value is -2.09. The highest BCUT2D eigenvalue weighted by Gasteiger charge is 2.28. The smallest absolute Gasteiger partial charge is 0.339 e. The first-order valence-electron chi connectivity index (χ1n) is 8.12. The van der Waals surface area contributed by atoms with E-state index in [1.165, 1.54) is 24.9 Å². The Morgan fingerprint density at radius 2 is 2.32 bits per heavy atom. The van der Waals surface area contributed by atoms with E-state index in [4.69, 9.17) is 9.15 Å². The van der Waals surface area contributed by atoms with Gasteiger partial charge in [-0.25, -0.2) is 4.79 Å². The lowest BCUT2D eigenvalue weighted by Gasteiger charge is -2.18. The molecule has 0 saturated heterocycles. The van der Waals surface area contributed by atoms with E-state index in [2.05, 4.69) is 15.3 Å². The molecular formula is C17H23N3O4S. The number of thioether (sulfide) groups is 1. The molecule has 2 rings (SSSR count). The average Bonchev–Trinajstić information content (AvgIpc) is 3.10. The van der Waals surface area contributed by atoms with E-state index in [1.807, 2.05) is 13.8 Å². The van der Waals surface area contributed by atoms with E-state index in [9.17, 15) is 9.59 Å². The lowest BCUT2D eigenvalue weighted by Crippen LogP contribution is -2.37. The Balaban J connectivity index is 2.17. The number of hydrogen-bond donors (Lipinski definition) is 1. The van der Waals surface area contributed by atoms with Crippen LogP contribution in [0.2, 0.25) is 0 Å². The Labute approximate surface area is 151 Å². The molecule has 1 aliphatic rings. The molecular weight excluding hydrogens is 342 g/mol.